The zero-order chi connectivity index (χ0) is 13.1. The summed E-state index contributed by atoms with van der Waals surface area (Å²) in [6, 6.07) is 12.9. The molecular formula is C16H17ClN2. The van der Waals surface area contributed by atoms with Crippen LogP contribution in [0.4, 0.5) is 5.69 Å². The third kappa shape index (κ3) is 2.90. The molecule has 2 nitrogen and oxygen atoms in total. The van der Waals surface area contributed by atoms with Gasteiger partial charge in [0.25, 0.3) is 0 Å². The highest BCUT2D eigenvalue weighted by Crippen LogP contribution is 2.31. The van der Waals surface area contributed by atoms with Crippen molar-refractivity contribution in [1.82, 2.24) is 4.98 Å². The molecule has 0 bridgehead atoms. The molecule has 0 saturated carbocycles. The van der Waals surface area contributed by atoms with Crippen LogP contribution in [0.2, 0.25) is 5.15 Å². The number of hydrogen-bond acceptors (Lipinski definition) is 2. The van der Waals surface area contributed by atoms with Gasteiger partial charge in [-0.1, -0.05) is 42.3 Å². The highest BCUT2D eigenvalue weighted by atomic mass is 35.5. The number of aryl methyl sites for hydroxylation is 1. The fourth-order valence-corrected chi connectivity index (χ4v) is 2.85. The molecule has 2 aromatic rings. The van der Waals surface area contributed by atoms with E-state index in [1.165, 1.54) is 36.8 Å². The monoisotopic (exact) mass is 272 g/mol. The maximum atomic E-state index is 5.82. The lowest BCUT2D eigenvalue weighted by atomic mass is 9.99. The Balaban J connectivity index is 1.86. The normalized spacial score (nSPS) is 18.5. The van der Waals surface area contributed by atoms with Crippen LogP contribution in [0.5, 0.6) is 0 Å². The predicted octanol–water partition coefficient (Wildman–Crippen LogP) is 4.61. The molecule has 1 N–H and O–H groups in total. The summed E-state index contributed by atoms with van der Waals surface area (Å²) in [5, 5.41) is 4.12. The third-order valence-corrected chi connectivity index (χ3v) is 3.91. The number of pyridine rings is 1. The van der Waals surface area contributed by atoms with Crippen molar-refractivity contribution in [2.24, 2.45) is 0 Å². The van der Waals surface area contributed by atoms with Crippen LogP contribution in [0.25, 0.3) is 0 Å². The molecule has 1 aliphatic rings. The van der Waals surface area contributed by atoms with Gasteiger partial charge in [0.1, 0.15) is 5.15 Å². The quantitative estimate of drug-likeness (QED) is 0.638. The van der Waals surface area contributed by atoms with Gasteiger partial charge in [-0.25, -0.2) is 4.98 Å². The van der Waals surface area contributed by atoms with Gasteiger partial charge >= 0.3 is 0 Å². The topological polar surface area (TPSA) is 24.9 Å². The van der Waals surface area contributed by atoms with E-state index in [-0.39, 0.29) is 0 Å². The number of nitrogens with zero attached hydrogens (tertiary/aromatic N) is 1. The minimum atomic E-state index is 0.377. The van der Waals surface area contributed by atoms with Gasteiger partial charge in [-0.3, -0.25) is 0 Å². The molecule has 0 saturated heterocycles. The van der Waals surface area contributed by atoms with E-state index in [1.807, 2.05) is 12.1 Å². The van der Waals surface area contributed by atoms with Crippen molar-refractivity contribution in [3.05, 3.63) is 58.9 Å². The first-order valence-corrected chi connectivity index (χ1v) is 7.16. The van der Waals surface area contributed by atoms with E-state index < -0.39 is 0 Å². The molecule has 3 heteroatoms. The SMILES string of the molecule is Clc1ccc(NC2CCCCc3ccccc32)cn1. The number of benzene rings is 1. The summed E-state index contributed by atoms with van der Waals surface area (Å²) in [4.78, 5) is 4.13. The molecule has 0 amide bonds. The Morgan fingerprint density at radius 1 is 1.11 bits per heavy atom. The molecule has 1 heterocycles. The Labute approximate surface area is 118 Å². The number of fused-ring (bicyclic) bond motifs is 1. The lowest BCUT2D eigenvalue weighted by Crippen LogP contribution is -2.11. The van der Waals surface area contributed by atoms with Crippen molar-refractivity contribution in [2.45, 2.75) is 31.7 Å². The maximum absolute atomic E-state index is 5.82. The molecule has 1 aliphatic carbocycles. The van der Waals surface area contributed by atoms with Gasteiger partial charge in [0.2, 0.25) is 0 Å². The number of rotatable bonds is 2. The van der Waals surface area contributed by atoms with Crippen molar-refractivity contribution in [3.63, 3.8) is 0 Å². The van der Waals surface area contributed by atoms with Crippen LogP contribution in [0.3, 0.4) is 0 Å². The minimum absolute atomic E-state index is 0.377. The fourth-order valence-electron chi connectivity index (χ4n) is 2.73. The zero-order valence-corrected chi connectivity index (χ0v) is 11.5. The van der Waals surface area contributed by atoms with E-state index in [0.29, 0.717) is 11.2 Å². The first kappa shape index (κ1) is 12.5. The van der Waals surface area contributed by atoms with Crippen molar-refractivity contribution in [3.8, 4) is 0 Å². The van der Waals surface area contributed by atoms with Gasteiger partial charge in [0, 0.05) is 0 Å². The average Bonchev–Trinajstić information content (AvgIpc) is 2.64. The number of nitrogens with one attached hydrogen (secondary N) is 1. The van der Waals surface area contributed by atoms with Gasteiger partial charge in [-0.05, 0) is 42.5 Å². The molecule has 98 valence electrons. The van der Waals surface area contributed by atoms with E-state index in [0.717, 1.165) is 5.69 Å². The predicted molar refractivity (Wildman–Crippen MR) is 79.6 cm³/mol. The smallest absolute Gasteiger partial charge is 0.129 e. The molecule has 1 aromatic heterocycles. The second-order valence-corrected chi connectivity index (χ2v) is 5.40. The van der Waals surface area contributed by atoms with Gasteiger partial charge in [-0.15, -0.1) is 0 Å². The van der Waals surface area contributed by atoms with E-state index in [2.05, 4.69) is 34.6 Å². The number of halogens is 1. The van der Waals surface area contributed by atoms with Crippen LogP contribution in [0.15, 0.2) is 42.6 Å². The Hall–Kier alpha value is -1.54. The molecule has 1 unspecified atom stereocenters. The molecule has 1 aromatic carbocycles. The average molecular weight is 273 g/mol. The molecule has 3 rings (SSSR count). The first-order chi connectivity index (χ1) is 9.33. The highest BCUT2D eigenvalue weighted by Gasteiger charge is 2.17. The van der Waals surface area contributed by atoms with Crippen LogP contribution in [0, 0.1) is 0 Å². The van der Waals surface area contributed by atoms with E-state index in [1.54, 1.807) is 6.20 Å². The van der Waals surface area contributed by atoms with Crippen LogP contribution in [0.1, 0.15) is 36.4 Å². The van der Waals surface area contributed by atoms with E-state index in [4.69, 9.17) is 11.6 Å². The molecule has 19 heavy (non-hydrogen) atoms. The summed E-state index contributed by atoms with van der Waals surface area (Å²) in [5.74, 6) is 0. The standard InChI is InChI=1S/C16H17ClN2/c17-16-10-9-13(11-18-16)19-15-8-4-2-6-12-5-1-3-7-14(12)15/h1,3,5,7,9-11,15,19H,2,4,6,8H2. The van der Waals surface area contributed by atoms with Crippen molar-refractivity contribution < 1.29 is 0 Å². The van der Waals surface area contributed by atoms with Gasteiger partial charge in [-0.2, -0.15) is 0 Å². The van der Waals surface area contributed by atoms with Gasteiger partial charge in [0.05, 0.1) is 17.9 Å². The molecule has 1 atom stereocenters. The molecule has 0 radical (unpaired) electrons. The lowest BCUT2D eigenvalue weighted by molar-refractivity contribution is 0.644. The number of anilines is 1. The second-order valence-electron chi connectivity index (χ2n) is 5.01. The summed E-state index contributed by atoms with van der Waals surface area (Å²) >= 11 is 5.82. The Bertz CT molecular complexity index is 551. The number of aromatic nitrogens is 1. The molecule has 0 fully saturated rings. The Kier molecular flexibility index (Phi) is 3.69. The zero-order valence-electron chi connectivity index (χ0n) is 10.8. The van der Waals surface area contributed by atoms with E-state index in [9.17, 15) is 0 Å². The summed E-state index contributed by atoms with van der Waals surface area (Å²) in [6.45, 7) is 0. The minimum Gasteiger partial charge on any atom is -0.377 e. The highest BCUT2D eigenvalue weighted by molar-refractivity contribution is 6.29. The first-order valence-electron chi connectivity index (χ1n) is 6.79. The largest absolute Gasteiger partial charge is 0.377 e. The number of hydrogen-bond donors (Lipinski definition) is 1. The van der Waals surface area contributed by atoms with Crippen molar-refractivity contribution in [2.75, 3.05) is 5.32 Å². The Morgan fingerprint density at radius 2 is 2.00 bits per heavy atom. The third-order valence-electron chi connectivity index (χ3n) is 3.69. The fraction of sp³-hybridized carbons (Fsp3) is 0.312. The van der Waals surface area contributed by atoms with Gasteiger partial charge in [0.15, 0.2) is 0 Å². The van der Waals surface area contributed by atoms with Crippen LogP contribution in [-0.2, 0) is 6.42 Å². The molecule has 0 aliphatic heterocycles. The summed E-state index contributed by atoms with van der Waals surface area (Å²) in [5.41, 5.74) is 3.93. The van der Waals surface area contributed by atoms with Crippen molar-refractivity contribution >= 4 is 17.3 Å². The Morgan fingerprint density at radius 3 is 2.84 bits per heavy atom. The van der Waals surface area contributed by atoms with Gasteiger partial charge < -0.3 is 5.32 Å². The molecular weight excluding hydrogens is 256 g/mol. The molecule has 0 spiro atoms. The maximum Gasteiger partial charge on any atom is 0.129 e. The van der Waals surface area contributed by atoms with Crippen molar-refractivity contribution in [1.29, 1.82) is 0 Å². The van der Waals surface area contributed by atoms with Crippen LogP contribution >= 0.6 is 11.6 Å². The van der Waals surface area contributed by atoms with Crippen LogP contribution in [-0.4, -0.2) is 4.98 Å². The van der Waals surface area contributed by atoms with E-state index >= 15 is 0 Å². The summed E-state index contributed by atoms with van der Waals surface area (Å²) in [7, 11) is 0. The summed E-state index contributed by atoms with van der Waals surface area (Å²) < 4.78 is 0. The summed E-state index contributed by atoms with van der Waals surface area (Å²) in [6.07, 6.45) is 6.68. The lowest BCUT2D eigenvalue weighted by Gasteiger charge is -2.20. The second kappa shape index (κ2) is 5.62. The van der Waals surface area contributed by atoms with Crippen LogP contribution < -0.4 is 5.32 Å².